The molecule has 4 rings (SSSR count). The molecule has 0 amide bonds. The average molecular weight is 412 g/mol. The van der Waals surface area contributed by atoms with Gasteiger partial charge in [0.05, 0.1) is 19.3 Å². The smallest absolute Gasteiger partial charge is 0.162 e. The zero-order valence-electron chi connectivity index (χ0n) is 16.5. The van der Waals surface area contributed by atoms with Crippen LogP contribution >= 0.6 is 0 Å². The molecule has 0 spiro atoms. The summed E-state index contributed by atoms with van der Waals surface area (Å²) < 4.78 is 32.9. The Morgan fingerprint density at radius 2 is 1.83 bits per heavy atom. The molecule has 1 aliphatic heterocycles. The second kappa shape index (κ2) is 8.62. The van der Waals surface area contributed by atoms with Gasteiger partial charge < -0.3 is 14.7 Å². The first-order chi connectivity index (χ1) is 14.6. The van der Waals surface area contributed by atoms with E-state index in [-0.39, 0.29) is 5.75 Å². The predicted molar refractivity (Wildman–Crippen MR) is 109 cm³/mol. The van der Waals surface area contributed by atoms with E-state index in [4.69, 9.17) is 4.74 Å². The summed E-state index contributed by atoms with van der Waals surface area (Å²) in [5.41, 5.74) is 1.14. The van der Waals surface area contributed by atoms with Crippen molar-refractivity contribution in [1.29, 1.82) is 0 Å². The van der Waals surface area contributed by atoms with Gasteiger partial charge in [0.2, 0.25) is 0 Å². The second-order valence-corrected chi connectivity index (χ2v) is 7.06. The van der Waals surface area contributed by atoms with Gasteiger partial charge in [0.15, 0.2) is 23.1 Å². The van der Waals surface area contributed by atoms with Crippen LogP contribution in [0.3, 0.4) is 0 Å². The maximum atomic E-state index is 14.0. The van der Waals surface area contributed by atoms with Crippen LogP contribution in [0.1, 0.15) is 17.2 Å². The Hall–Kier alpha value is -3.26. The molecule has 1 unspecified atom stereocenters. The van der Waals surface area contributed by atoms with E-state index in [0.29, 0.717) is 43.1 Å². The third-order valence-electron chi connectivity index (χ3n) is 5.36. The van der Waals surface area contributed by atoms with E-state index in [1.165, 1.54) is 13.2 Å². The summed E-state index contributed by atoms with van der Waals surface area (Å²) >= 11 is 0. The van der Waals surface area contributed by atoms with Crippen molar-refractivity contribution < 1.29 is 18.6 Å². The predicted octanol–water partition coefficient (Wildman–Crippen LogP) is 3.38. The summed E-state index contributed by atoms with van der Waals surface area (Å²) in [5, 5.41) is 10.8. The second-order valence-electron chi connectivity index (χ2n) is 7.06. The fourth-order valence-electron chi connectivity index (χ4n) is 3.86. The number of ether oxygens (including phenoxy) is 1. The van der Waals surface area contributed by atoms with Crippen LogP contribution in [0.2, 0.25) is 0 Å². The first-order valence-corrected chi connectivity index (χ1v) is 9.64. The number of para-hydroxylation sites is 1. The number of hydrogen-bond acceptors (Lipinski definition) is 6. The molecule has 0 bridgehead atoms. The number of methoxy groups -OCH3 is 1. The number of phenols is 1. The van der Waals surface area contributed by atoms with Crippen LogP contribution < -0.4 is 9.64 Å². The SMILES string of the molecule is COc1cccc(C(c2ccc(F)c(F)c2)N2CCN(c3cnccn3)CC2)c1O. The minimum Gasteiger partial charge on any atom is -0.504 e. The first-order valence-electron chi connectivity index (χ1n) is 9.64. The molecule has 1 atom stereocenters. The van der Waals surface area contributed by atoms with Crippen LogP contribution in [0.25, 0.3) is 0 Å². The van der Waals surface area contributed by atoms with E-state index in [1.54, 1.807) is 42.9 Å². The Labute approximate surface area is 173 Å². The lowest BCUT2D eigenvalue weighted by atomic mass is 9.95. The summed E-state index contributed by atoms with van der Waals surface area (Å²) in [6, 6.07) is 8.61. The standard InChI is InChI=1S/C22H22F2N4O2/c1-30-19-4-2-3-16(22(19)29)21(15-5-6-17(23)18(24)13-15)28-11-9-27(10-12-28)20-14-25-7-8-26-20/h2-8,13-14,21,29H,9-12H2,1H3. The third kappa shape index (κ3) is 3.91. The van der Waals surface area contributed by atoms with E-state index in [0.717, 1.165) is 11.9 Å². The van der Waals surface area contributed by atoms with E-state index in [1.807, 2.05) is 0 Å². The molecule has 1 aliphatic rings. The lowest BCUT2D eigenvalue weighted by Gasteiger charge is -2.40. The van der Waals surface area contributed by atoms with Crippen molar-refractivity contribution in [3.05, 3.63) is 77.8 Å². The molecule has 1 aromatic heterocycles. The van der Waals surface area contributed by atoms with Gasteiger partial charge in [-0.1, -0.05) is 18.2 Å². The zero-order chi connectivity index (χ0) is 21.1. The zero-order valence-corrected chi connectivity index (χ0v) is 16.5. The van der Waals surface area contributed by atoms with Crippen molar-refractivity contribution in [2.24, 2.45) is 0 Å². The fourth-order valence-corrected chi connectivity index (χ4v) is 3.86. The quantitative estimate of drug-likeness (QED) is 0.693. The number of phenolic OH excluding ortho intramolecular Hbond substituents is 1. The summed E-state index contributed by atoms with van der Waals surface area (Å²) in [6.07, 6.45) is 5.00. The van der Waals surface area contributed by atoms with Gasteiger partial charge >= 0.3 is 0 Å². The Morgan fingerprint density at radius 1 is 1.03 bits per heavy atom. The van der Waals surface area contributed by atoms with Crippen molar-refractivity contribution in [1.82, 2.24) is 14.9 Å². The monoisotopic (exact) mass is 412 g/mol. The lowest BCUT2D eigenvalue weighted by molar-refractivity contribution is 0.207. The van der Waals surface area contributed by atoms with Crippen LogP contribution in [-0.2, 0) is 0 Å². The van der Waals surface area contributed by atoms with Gasteiger partial charge in [-0.3, -0.25) is 9.88 Å². The van der Waals surface area contributed by atoms with Gasteiger partial charge in [-0.15, -0.1) is 0 Å². The molecular weight excluding hydrogens is 390 g/mol. The molecule has 2 aromatic carbocycles. The number of halogens is 2. The number of benzene rings is 2. The minimum atomic E-state index is -0.918. The highest BCUT2D eigenvalue weighted by Crippen LogP contribution is 2.40. The first kappa shape index (κ1) is 20.0. The number of piperazine rings is 1. The highest BCUT2D eigenvalue weighted by Gasteiger charge is 2.30. The molecule has 0 saturated carbocycles. The molecule has 3 aromatic rings. The summed E-state index contributed by atoms with van der Waals surface area (Å²) in [6.45, 7) is 2.64. The van der Waals surface area contributed by atoms with E-state index in [2.05, 4.69) is 19.8 Å². The number of anilines is 1. The molecule has 1 saturated heterocycles. The van der Waals surface area contributed by atoms with Crippen molar-refractivity contribution in [2.75, 3.05) is 38.2 Å². The summed E-state index contributed by atoms with van der Waals surface area (Å²) in [7, 11) is 1.48. The van der Waals surface area contributed by atoms with E-state index in [9.17, 15) is 13.9 Å². The van der Waals surface area contributed by atoms with Crippen LogP contribution in [0.5, 0.6) is 11.5 Å². The number of hydrogen-bond donors (Lipinski definition) is 1. The highest BCUT2D eigenvalue weighted by atomic mass is 19.2. The van der Waals surface area contributed by atoms with Crippen molar-refractivity contribution >= 4 is 5.82 Å². The third-order valence-corrected chi connectivity index (χ3v) is 5.36. The average Bonchev–Trinajstić information content (AvgIpc) is 2.78. The van der Waals surface area contributed by atoms with Crippen molar-refractivity contribution in [3.63, 3.8) is 0 Å². The summed E-state index contributed by atoms with van der Waals surface area (Å²) in [4.78, 5) is 12.7. The fraction of sp³-hybridized carbons (Fsp3) is 0.273. The molecule has 30 heavy (non-hydrogen) atoms. The highest BCUT2D eigenvalue weighted by molar-refractivity contribution is 5.50. The molecule has 6 nitrogen and oxygen atoms in total. The van der Waals surface area contributed by atoms with Crippen LogP contribution in [0.15, 0.2) is 55.0 Å². The Balaban J connectivity index is 1.67. The van der Waals surface area contributed by atoms with Gasteiger partial charge in [-0.05, 0) is 23.8 Å². The van der Waals surface area contributed by atoms with Crippen LogP contribution in [0, 0.1) is 11.6 Å². The van der Waals surface area contributed by atoms with Gasteiger partial charge in [0, 0.05) is 44.1 Å². The summed E-state index contributed by atoms with van der Waals surface area (Å²) in [5.74, 6) is -0.701. The van der Waals surface area contributed by atoms with Crippen LogP contribution in [-0.4, -0.2) is 53.3 Å². The largest absolute Gasteiger partial charge is 0.504 e. The maximum absolute atomic E-state index is 14.0. The topological polar surface area (TPSA) is 61.7 Å². The van der Waals surface area contributed by atoms with Gasteiger partial charge in [0.25, 0.3) is 0 Å². The number of aromatic hydroxyl groups is 1. The number of aromatic nitrogens is 2. The molecule has 1 N–H and O–H groups in total. The molecule has 0 aliphatic carbocycles. The molecular formula is C22H22F2N4O2. The van der Waals surface area contributed by atoms with Crippen molar-refractivity contribution in [2.45, 2.75) is 6.04 Å². The molecule has 156 valence electrons. The van der Waals surface area contributed by atoms with Gasteiger partial charge in [-0.25, -0.2) is 13.8 Å². The molecule has 8 heteroatoms. The normalized spacial score (nSPS) is 15.8. The minimum absolute atomic E-state index is 0.00825. The number of nitrogens with zero attached hydrogens (tertiary/aromatic N) is 4. The Kier molecular flexibility index (Phi) is 5.76. The Morgan fingerprint density at radius 3 is 2.50 bits per heavy atom. The maximum Gasteiger partial charge on any atom is 0.162 e. The Bertz CT molecular complexity index is 1010. The number of rotatable bonds is 5. The van der Waals surface area contributed by atoms with Gasteiger partial charge in [0.1, 0.15) is 5.82 Å². The molecule has 1 fully saturated rings. The van der Waals surface area contributed by atoms with Gasteiger partial charge in [-0.2, -0.15) is 0 Å². The molecule has 0 radical (unpaired) electrons. The van der Waals surface area contributed by atoms with E-state index < -0.39 is 17.7 Å². The van der Waals surface area contributed by atoms with Crippen LogP contribution in [0.4, 0.5) is 14.6 Å². The molecule has 2 heterocycles. The van der Waals surface area contributed by atoms with E-state index >= 15 is 0 Å². The van der Waals surface area contributed by atoms with Crippen molar-refractivity contribution in [3.8, 4) is 11.5 Å². The lowest BCUT2D eigenvalue weighted by Crippen LogP contribution is -2.48.